The molecule has 0 bridgehead atoms. The molecule has 0 aliphatic carbocycles. The molecule has 2 amide bonds. The van der Waals surface area contributed by atoms with Crippen LogP contribution in [0.15, 0.2) is 29.3 Å². The molecule has 0 spiro atoms. The Hall–Kier alpha value is -1.97. The van der Waals surface area contributed by atoms with Crippen LogP contribution in [0.5, 0.6) is 5.75 Å². The molecule has 0 fully saturated rings. The number of hydroxylamine groups is 1. The number of aliphatic hydroxyl groups excluding tert-OH is 1. The van der Waals surface area contributed by atoms with E-state index in [-0.39, 0.29) is 22.4 Å². The first kappa shape index (κ1) is 19.1. The highest BCUT2D eigenvalue weighted by Crippen LogP contribution is 2.29. The summed E-state index contributed by atoms with van der Waals surface area (Å²) in [4.78, 5) is 23.5. The minimum Gasteiger partial charge on any atom is -0.485 e. The maximum atomic E-state index is 14.0. The Morgan fingerprint density at radius 1 is 1.52 bits per heavy atom. The number of carbonyl (C=O) groups is 2. The van der Waals surface area contributed by atoms with Crippen molar-refractivity contribution in [2.24, 2.45) is 0 Å². The van der Waals surface area contributed by atoms with E-state index in [1.165, 1.54) is 24.5 Å². The number of hydrogen-bond acceptors (Lipinski definition) is 5. The molecule has 4 N–H and O–H groups in total. The summed E-state index contributed by atoms with van der Waals surface area (Å²) in [7, 11) is 0. The van der Waals surface area contributed by atoms with E-state index in [4.69, 9.17) is 9.94 Å². The van der Waals surface area contributed by atoms with Crippen LogP contribution >= 0.6 is 15.9 Å². The summed E-state index contributed by atoms with van der Waals surface area (Å²) in [6, 6.07) is 0.826. The van der Waals surface area contributed by atoms with Crippen LogP contribution in [0.2, 0.25) is 0 Å². The lowest BCUT2D eigenvalue weighted by atomic mass is 10.1. The smallest absolute Gasteiger partial charge is 0.268 e. The lowest BCUT2D eigenvalue weighted by Crippen LogP contribution is -2.51. The highest BCUT2D eigenvalue weighted by Gasteiger charge is 2.26. The third-order valence-electron chi connectivity index (χ3n) is 2.77. The third-order valence-corrected chi connectivity index (χ3v) is 3.36. The van der Waals surface area contributed by atoms with E-state index in [1.807, 2.05) is 0 Å². The maximum absolute atomic E-state index is 14.0. The van der Waals surface area contributed by atoms with E-state index in [9.17, 15) is 19.1 Å². The first-order valence-corrected chi connectivity index (χ1v) is 7.26. The number of ether oxygens (including phenoxy) is 1. The number of benzene rings is 1. The summed E-state index contributed by atoms with van der Waals surface area (Å²) >= 11 is 3.09. The predicted octanol–water partition coefficient (Wildman–Crippen LogP) is 1.14. The van der Waals surface area contributed by atoms with Crippen LogP contribution < -0.4 is 15.5 Å². The molecule has 7 nitrogen and oxygen atoms in total. The predicted molar refractivity (Wildman–Crippen MR) is 82.7 cm³/mol. The number of aliphatic hydroxyl groups is 1. The second kappa shape index (κ2) is 8.61. The highest BCUT2D eigenvalue weighted by atomic mass is 79.9. The summed E-state index contributed by atoms with van der Waals surface area (Å²) in [5.41, 5.74) is 1.23. The molecule has 1 aromatic rings. The van der Waals surface area contributed by atoms with Gasteiger partial charge in [-0.05, 0) is 35.0 Å². The molecule has 0 heterocycles. The molecule has 0 aliphatic heterocycles. The minimum absolute atomic E-state index is 0.0818. The zero-order valence-corrected chi connectivity index (χ0v) is 13.8. The van der Waals surface area contributed by atoms with Gasteiger partial charge in [-0.2, -0.15) is 0 Å². The van der Waals surface area contributed by atoms with Crippen molar-refractivity contribution in [1.29, 1.82) is 0 Å². The summed E-state index contributed by atoms with van der Waals surface area (Å²) < 4.78 is 19.3. The number of nitrogens with one attached hydrogen (secondary N) is 2. The van der Waals surface area contributed by atoms with Crippen LogP contribution in [0.3, 0.4) is 0 Å². The molecule has 0 aliphatic rings. The molecule has 0 saturated heterocycles. The van der Waals surface area contributed by atoms with E-state index in [1.54, 1.807) is 0 Å². The van der Waals surface area contributed by atoms with E-state index < -0.39 is 29.8 Å². The van der Waals surface area contributed by atoms with Crippen LogP contribution in [-0.2, 0) is 4.79 Å². The number of hydrogen-bond donors (Lipinski definition) is 4. The van der Waals surface area contributed by atoms with Crippen molar-refractivity contribution < 1.29 is 29.0 Å². The Morgan fingerprint density at radius 2 is 2.17 bits per heavy atom. The number of halogens is 2. The van der Waals surface area contributed by atoms with Gasteiger partial charge in [-0.15, -0.1) is 0 Å². The van der Waals surface area contributed by atoms with Crippen molar-refractivity contribution >= 4 is 27.7 Å². The van der Waals surface area contributed by atoms with Crippen molar-refractivity contribution in [3.63, 3.8) is 0 Å². The standard InChI is InChI=1S/C14H16BrFN2O5/c1-3-4-23-12-9(15)5-8(6-10(12)16)13(20)17-11(7(2)19)14(21)18-22/h3,5-7,11,19,22H,1,4H2,2H3,(H,17,20)(H,18,21). The van der Waals surface area contributed by atoms with Gasteiger partial charge >= 0.3 is 0 Å². The maximum Gasteiger partial charge on any atom is 0.268 e. The summed E-state index contributed by atoms with van der Waals surface area (Å²) in [6.07, 6.45) is 0.169. The Labute approximate surface area is 140 Å². The van der Waals surface area contributed by atoms with Crippen LogP contribution in [0.1, 0.15) is 17.3 Å². The molecular formula is C14H16BrFN2O5. The molecule has 9 heteroatoms. The van der Waals surface area contributed by atoms with Crippen LogP contribution in [0.25, 0.3) is 0 Å². The monoisotopic (exact) mass is 390 g/mol. The number of amides is 2. The van der Waals surface area contributed by atoms with Gasteiger partial charge in [0.25, 0.3) is 11.8 Å². The van der Waals surface area contributed by atoms with E-state index in [2.05, 4.69) is 27.8 Å². The fraction of sp³-hybridized carbons (Fsp3) is 0.286. The van der Waals surface area contributed by atoms with E-state index >= 15 is 0 Å². The second-order valence-corrected chi connectivity index (χ2v) is 5.39. The summed E-state index contributed by atoms with van der Waals surface area (Å²) in [6.45, 7) is 4.78. The molecule has 2 unspecified atom stereocenters. The molecule has 0 radical (unpaired) electrons. The van der Waals surface area contributed by atoms with Crippen molar-refractivity contribution in [3.05, 3.63) is 40.6 Å². The van der Waals surface area contributed by atoms with Crippen LogP contribution in [-0.4, -0.2) is 40.9 Å². The SMILES string of the molecule is C=CCOc1c(F)cc(C(=O)NC(C(=O)NO)C(C)O)cc1Br. The topological polar surface area (TPSA) is 108 Å². The summed E-state index contributed by atoms with van der Waals surface area (Å²) in [5.74, 6) is -2.68. The van der Waals surface area contributed by atoms with Gasteiger partial charge < -0.3 is 15.2 Å². The lowest BCUT2D eigenvalue weighted by Gasteiger charge is -2.19. The zero-order valence-electron chi connectivity index (χ0n) is 12.2. The van der Waals surface area contributed by atoms with Crippen molar-refractivity contribution in [3.8, 4) is 5.75 Å². The Bertz CT molecular complexity index is 586. The molecule has 2 atom stereocenters. The van der Waals surface area contributed by atoms with Crippen LogP contribution in [0, 0.1) is 5.82 Å². The van der Waals surface area contributed by atoms with E-state index in [0.717, 1.165) is 6.07 Å². The third kappa shape index (κ3) is 5.02. The number of rotatable bonds is 7. The van der Waals surface area contributed by atoms with Gasteiger partial charge in [-0.1, -0.05) is 12.7 Å². The van der Waals surface area contributed by atoms with Crippen molar-refractivity contribution in [2.45, 2.75) is 19.1 Å². The first-order chi connectivity index (χ1) is 10.8. The minimum atomic E-state index is -1.40. The molecule has 1 rings (SSSR count). The molecule has 1 aromatic carbocycles. The van der Waals surface area contributed by atoms with Gasteiger partial charge in [-0.25, -0.2) is 9.87 Å². The zero-order chi connectivity index (χ0) is 17.6. The molecule has 0 saturated carbocycles. The average molecular weight is 391 g/mol. The van der Waals surface area contributed by atoms with Crippen molar-refractivity contribution in [2.75, 3.05) is 6.61 Å². The average Bonchev–Trinajstić information content (AvgIpc) is 2.50. The fourth-order valence-electron chi connectivity index (χ4n) is 1.67. The van der Waals surface area contributed by atoms with Gasteiger partial charge in [0.15, 0.2) is 11.6 Å². The summed E-state index contributed by atoms with van der Waals surface area (Å²) in [5, 5.41) is 20.2. The number of carbonyl (C=O) groups excluding carboxylic acids is 2. The van der Waals surface area contributed by atoms with Gasteiger partial charge in [0.2, 0.25) is 0 Å². The Morgan fingerprint density at radius 3 is 2.65 bits per heavy atom. The molecular weight excluding hydrogens is 375 g/mol. The molecule has 126 valence electrons. The van der Waals surface area contributed by atoms with Gasteiger partial charge in [0.05, 0.1) is 10.6 Å². The second-order valence-electron chi connectivity index (χ2n) is 4.54. The Kier molecular flexibility index (Phi) is 7.14. The fourth-order valence-corrected chi connectivity index (χ4v) is 2.22. The van der Waals surface area contributed by atoms with E-state index in [0.29, 0.717) is 0 Å². The lowest BCUT2D eigenvalue weighted by molar-refractivity contribution is -0.133. The molecule has 0 aromatic heterocycles. The largest absolute Gasteiger partial charge is 0.485 e. The first-order valence-electron chi connectivity index (χ1n) is 6.47. The van der Waals surface area contributed by atoms with Gasteiger partial charge in [-0.3, -0.25) is 14.8 Å². The van der Waals surface area contributed by atoms with Crippen LogP contribution in [0.4, 0.5) is 4.39 Å². The Balaban J connectivity index is 3.00. The van der Waals surface area contributed by atoms with Crippen molar-refractivity contribution in [1.82, 2.24) is 10.8 Å². The highest BCUT2D eigenvalue weighted by molar-refractivity contribution is 9.10. The normalized spacial score (nSPS) is 12.9. The van der Waals surface area contributed by atoms with Gasteiger partial charge in [0.1, 0.15) is 12.6 Å². The molecule has 23 heavy (non-hydrogen) atoms. The van der Waals surface area contributed by atoms with Gasteiger partial charge in [0, 0.05) is 5.56 Å². The quantitative estimate of drug-likeness (QED) is 0.317.